The summed E-state index contributed by atoms with van der Waals surface area (Å²) in [7, 11) is -4.34. The van der Waals surface area contributed by atoms with Crippen LogP contribution in [0.3, 0.4) is 0 Å². The standard InChI is InChI=1S/C26H46O3S.Na/c1-2-3-4-5-6-7-8-9-10-11-12-13-14-15-16-17-18-19-21-25-22-20-23-26(24-25)30(27,28)29;/h20,22-24H,2-19,21H2,1H3,(H,27,28,29);/q;+1/p-1. The zero-order chi connectivity index (χ0) is 21.9. The molecule has 0 heterocycles. The Kier molecular flexibility index (Phi) is 20.8. The quantitative estimate of drug-likeness (QED) is 0.153. The second kappa shape index (κ2) is 20.7. The van der Waals surface area contributed by atoms with Crippen LogP contribution >= 0.6 is 0 Å². The third kappa shape index (κ3) is 18.3. The van der Waals surface area contributed by atoms with E-state index in [1.54, 1.807) is 6.07 Å². The Bertz CT molecular complexity index is 631. The van der Waals surface area contributed by atoms with Crippen LogP contribution in [0.25, 0.3) is 0 Å². The predicted octanol–water partition coefficient (Wildman–Crippen LogP) is 5.18. The largest absolute Gasteiger partial charge is 1.00 e. The number of aryl methyl sites for hydroxylation is 1. The first-order chi connectivity index (χ1) is 14.5. The molecule has 1 aromatic rings. The fraction of sp³-hybridized carbons (Fsp3) is 0.769. The van der Waals surface area contributed by atoms with Crippen molar-refractivity contribution in [3.05, 3.63) is 29.8 Å². The van der Waals surface area contributed by atoms with Crippen LogP contribution in [0.2, 0.25) is 0 Å². The molecule has 0 spiro atoms. The van der Waals surface area contributed by atoms with Crippen molar-refractivity contribution in [2.75, 3.05) is 0 Å². The summed E-state index contributed by atoms with van der Waals surface area (Å²) in [6.07, 6.45) is 25.3. The third-order valence-electron chi connectivity index (χ3n) is 6.01. The average Bonchev–Trinajstić information content (AvgIpc) is 2.72. The van der Waals surface area contributed by atoms with Gasteiger partial charge in [0.25, 0.3) is 0 Å². The van der Waals surface area contributed by atoms with Crippen LogP contribution in [0.1, 0.15) is 128 Å². The van der Waals surface area contributed by atoms with Crippen LogP contribution in [0.5, 0.6) is 0 Å². The maximum atomic E-state index is 11.1. The molecule has 0 saturated heterocycles. The second-order valence-electron chi connectivity index (χ2n) is 8.86. The molecule has 0 saturated carbocycles. The molecular weight excluding hydrogens is 415 g/mol. The topological polar surface area (TPSA) is 57.2 Å². The average molecular weight is 461 g/mol. The van der Waals surface area contributed by atoms with Crippen LogP contribution in [0.4, 0.5) is 0 Å². The van der Waals surface area contributed by atoms with Crippen molar-refractivity contribution in [1.29, 1.82) is 0 Å². The van der Waals surface area contributed by atoms with E-state index in [1.165, 1.54) is 121 Å². The van der Waals surface area contributed by atoms with Crippen LogP contribution in [-0.2, 0) is 16.5 Å². The van der Waals surface area contributed by atoms with Gasteiger partial charge in [-0.05, 0) is 30.5 Å². The summed E-state index contributed by atoms with van der Waals surface area (Å²) in [5.41, 5.74) is 0.948. The molecule has 0 N–H and O–H groups in total. The molecule has 0 radical (unpaired) electrons. The van der Waals surface area contributed by atoms with E-state index in [9.17, 15) is 13.0 Å². The molecule has 0 unspecified atom stereocenters. The van der Waals surface area contributed by atoms with Crippen molar-refractivity contribution in [2.45, 2.75) is 134 Å². The van der Waals surface area contributed by atoms with Gasteiger partial charge in [-0.3, -0.25) is 0 Å². The molecule has 0 aromatic heterocycles. The maximum absolute atomic E-state index is 11.1. The first-order valence-corrected chi connectivity index (χ1v) is 14.0. The third-order valence-corrected chi connectivity index (χ3v) is 6.84. The van der Waals surface area contributed by atoms with E-state index in [0.717, 1.165) is 18.4 Å². The molecule has 3 nitrogen and oxygen atoms in total. The van der Waals surface area contributed by atoms with Gasteiger partial charge in [0.15, 0.2) is 0 Å². The van der Waals surface area contributed by atoms with Crippen molar-refractivity contribution in [3.8, 4) is 0 Å². The first kappa shape index (κ1) is 31.1. The van der Waals surface area contributed by atoms with Gasteiger partial charge in [0, 0.05) is 0 Å². The minimum absolute atomic E-state index is 0. The van der Waals surface area contributed by atoms with Gasteiger partial charge in [-0.1, -0.05) is 128 Å². The van der Waals surface area contributed by atoms with Crippen LogP contribution in [0.15, 0.2) is 29.2 Å². The Balaban J connectivity index is 0.00000900. The van der Waals surface area contributed by atoms with E-state index in [0.29, 0.717) is 0 Å². The Labute approximate surface area is 215 Å². The zero-order valence-electron chi connectivity index (χ0n) is 20.4. The molecule has 0 aliphatic carbocycles. The number of rotatable bonds is 20. The molecule has 0 atom stereocenters. The second-order valence-corrected chi connectivity index (χ2v) is 10.2. The number of hydrogen-bond acceptors (Lipinski definition) is 3. The molecule has 0 amide bonds. The van der Waals surface area contributed by atoms with Gasteiger partial charge >= 0.3 is 29.6 Å². The predicted molar refractivity (Wildman–Crippen MR) is 127 cm³/mol. The number of unbranched alkanes of at least 4 members (excludes halogenated alkanes) is 17. The van der Waals surface area contributed by atoms with Gasteiger partial charge in [0.05, 0.1) is 4.90 Å². The van der Waals surface area contributed by atoms with Crippen molar-refractivity contribution >= 4 is 10.1 Å². The summed E-state index contributed by atoms with van der Waals surface area (Å²) in [5, 5.41) is 0. The normalized spacial score (nSPS) is 11.4. The summed E-state index contributed by atoms with van der Waals surface area (Å²) in [6, 6.07) is 6.47. The van der Waals surface area contributed by atoms with E-state index in [2.05, 4.69) is 6.92 Å². The van der Waals surface area contributed by atoms with Crippen molar-refractivity contribution in [3.63, 3.8) is 0 Å². The molecule has 1 rings (SSSR count). The van der Waals surface area contributed by atoms with Crippen LogP contribution in [0, 0.1) is 0 Å². The van der Waals surface area contributed by atoms with E-state index in [1.807, 2.05) is 6.07 Å². The molecule has 1 aromatic carbocycles. The maximum Gasteiger partial charge on any atom is 1.00 e. The van der Waals surface area contributed by atoms with Crippen molar-refractivity contribution < 1.29 is 42.5 Å². The molecule has 0 bridgehead atoms. The molecule has 174 valence electrons. The molecule has 31 heavy (non-hydrogen) atoms. The molecular formula is C26H45NaO3S. The van der Waals surface area contributed by atoms with Gasteiger partial charge in [-0.15, -0.1) is 0 Å². The Morgan fingerprint density at radius 2 is 1.03 bits per heavy atom. The van der Waals surface area contributed by atoms with E-state index in [4.69, 9.17) is 0 Å². The van der Waals surface area contributed by atoms with Gasteiger partial charge in [0.1, 0.15) is 10.1 Å². The first-order valence-electron chi connectivity index (χ1n) is 12.6. The van der Waals surface area contributed by atoms with E-state index in [-0.39, 0.29) is 34.5 Å². The van der Waals surface area contributed by atoms with Crippen LogP contribution < -0.4 is 29.6 Å². The summed E-state index contributed by atoms with van der Waals surface area (Å²) in [4.78, 5) is -0.109. The monoisotopic (exact) mass is 460 g/mol. The molecule has 5 heteroatoms. The van der Waals surface area contributed by atoms with Crippen molar-refractivity contribution in [1.82, 2.24) is 0 Å². The molecule has 0 aliphatic rings. The Hall–Kier alpha value is 0.130. The van der Waals surface area contributed by atoms with E-state index >= 15 is 0 Å². The van der Waals surface area contributed by atoms with Gasteiger partial charge in [0.2, 0.25) is 0 Å². The minimum Gasteiger partial charge on any atom is -0.744 e. The van der Waals surface area contributed by atoms with Crippen molar-refractivity contribution in [2.24, 2.45) is 0 Å². The van der Waals surface area contributed by atoms with Gasteiger partial charge in [-0.25, -0.2) is 8.42 Å². The molecule has 0 fully saturated rings. The summed E-state index contributed by atoms with van der Waals surface area (Å²) >= 11 is 0. The smallest absolute Gasteiger partial charge is 0.744 e. The summed E-state index contributed by atoms with van der Waals surface area (Å²) < 4.78 is 33.2. The molecule has 0 aliphatic heterocycles. The Morgan fingerprint density at radius 1 is 0.645 bits per heavy atom. The fourth-order valence-electron chi connectivity index (χ4n) is 4.09. The summed E-state index contributed by atoms with van der Waals surface area (Å²) in [6.45, 7) is 2.28. The minimum atomic E-state index is -4.34. The number of hydrogen-bond donors (Lipinski definition) is 0. The Morgan fingerprint density at radius 3 is 1.42 bits per heavy atom. The number of benzene rings is 1. The fourth-order valence-corrected chi connectivity index (χ4v) is 4.63. The zero-order valence-corrected chi connectivity index (χ0v) is 23.2. The summed E-state index contributed by atoms with van der Waals surface area (Å²) in [5.74, 6) is 0. The van der Waals surface area contributed by atoms with Gasteiger partial charge in [-0.2, -0.15) is 0 Å². The van der Waals surface area contributed by atoms with Crippen LogP contribution in [-0.4, -0.2) is 13.0 Å². The van der Waals surface area contributed by atoms with E-state index < -0.39 is 10.1 Å². The SMILES string of the molecule is CCCCCCCCCCCCCCCCCCCCc1cccc(S(=O)(=O)[O-])c1.[Na+]. The van der Waals surface area contributed by atoms with Gasteiger partial charge < -0.3 is 4.55 Å².